The van der Waals surface area contributed by atoms with Crippen LogP contribution in [0.15, 0.2) is 24.3 Å². The average molecular weight is 352 g/mol. The van der Waals surface area contributed by atoms with Crippen LogP contribution in [0, 0.1) is 0 Å². The topological polar surface area (TPSA) is 67.6 Å². The summed E-state index contributed by atoms with van der Waals surface area (Å²) in [6.07, 6.45) is 1.21. The molecule has 0 aliphatic heterocycles. The Labute approximate surface area is 145 Å². The molecule has 1 rings (SSSR count). The monoisotopic (exact) mass is 351 g/mol. The lowest BCUT2D eigenvalue weighted by atomic mass is 10.2. The number of hydrogen-bond donors (Lipinski definition) is 2. The third-order valence-corrected chi connectivity index (χ3v) is 2.83. The zero-order valence-electron chi connectivity index (χ0n) is 13.2. The highest BCUT2D eigenvalue weighted by molar-refractivity contribution is 5.85. The van der Waals surface area contributed by atoms with E-state index in [0.717, 1.165) is 24.3 Å². The maximum Gasteiger partial charge on any atom is 0.220 e. The van der Waals surface area contributed by atoms with E-state index in [-0.39, 0.29) is 30.7 Å². The number of carbonyl (C=O) groups excluding carboxylic acids is 1. The largest absolute Gasteiger partial charge is 0.492 e. The van der Waals surface area contributed by atoms with E-state index in [4.69, 9.17) is 10.5 Å². The fraction of sp³-hybridized carbons (Fsp3) is 0.533. The lowest BCUT2D eigenvalue weighted by molar-refractivity contribution is -0.121. The molecule has 0 saturated heterocycles. The quantitative estimate of drug-likeness (QED) is 0.712. The van der Waals surface area contributed by atoms with Crippen LogP contribution in [0.4, 0.5) is 0 Å². The van der Waals surface area contributed by atoms with Gasteiger partial charge in [-0.05, 0) is 44.8 Å². The molecular weight excluding hydrogens is 325 g/mol. The molecule has 0 saturated carbocycles. The summed E-state index contributed by atoms with van der Waals surface area (Å²) in [5, 5.41) is 2.87. The van der Waals surface area contributed by atoms with Crippen molar-refractivity contribution in [3.05, 3.63) is 29.8 Å². The predicted octanol–water partition coefficient (Wildman–Crippen LogP) is 1.83. The predicted molar refractivity (Wildman–Crippen MR) is 95.1 cm³/mol. The van der Waals surface area contributed by atoms with Crippen molar-refractivity contribution < 1.29 is 9.53 Å². The maximum atomic E-state index is 11.5. The Hall–Kier alpha value is -1.01. The highest BCUT2D eigenvalue weighted by Gasteiger charge is 2.01. The van der Waals surface area contributed by atoms with Gasteiger partial charge >= 0.3 is 0 Å². The van der Waals surface area contributed by atoms with Gasteiger partial charge in [-0.2, -0.15) is 0 Å². The molecule has 0 radical (unpaired) electrons. The Bertz CT molecular complexity index is 400. The minimum atomic E-state index is 0. The smallest absolute Gasteiger partial charge is 0.220 e. The Kier molecular flexibility index (Phi) is 14.4. The Morgan fingerprint density at radius 3 is 2.41 bits per heavy atom. The summed E-state index contributed by atoms with van der Waals surface area (Å²) in [6.45, 7) is 2.65. The van der Waals surface area contributed by atoms with Crippen molar-refractivity contribution in [2.75, 3.05) is 33.8 Å². The third kappa shape index (κ3) is 10.7. The van der Waals surface area contributed by atoms with E-state index >= 15 is 0 Å². The van der Waals surface area contributed by atoms with Crippen LogP contribution in [0.1, 0.15) is 18.4 Å². The molecule has 0 fully saturated rings. The van der Waals surface area contributed by atoms with E-state index in [1.54, 1.807) is 0 Å². The summed E-state index contributed by atoms with van der Waals surface area (Å²) in [6, 6.07) is 7.79. The van der Waals surface area contributed by atoms with Gasteiger partial charge in [0.15, 0.2) is 0 Å². The molecule has 5 nitrogen and oxygen atoms in total. The molecule has 0 atom stereocenters. The second kappa shape index (κ2) is 13.6. The number of rotatable bonds is 9. The van der Waals surface area contributed by atoms with Crippen molar-refractivity contribution in [2.24, 2.45) is 5.73 Å². The van der Waals surface area contributed by atoms with Crippen molar-refractivity contribution in [1.82, 2.24) is 10.2 Å². The van der Waals surface area contributed by atoms with Crippen LogP contribution < -0.4 is 15.8 Å². The van der Waals surface area contributed by atoms with Gasteiger partial charge in [-0.3, -0.25) is 4.79 Å². The minimum absolute atomic E-state index is 0. The summed E-state index contributed by atoms with van der Waals surface area (Å²) in [7, 11) is 4.03. The van der Waals surface area contributed by atoms with E-state index in [9.17, 15) is 4.79 Å². The first-order chi connectivity index (χ1) is 9.61. The number of nitrogens with two attached hydrogens (primary N) is 1. The fourth-order valence-electron chi connectivity index (χ4n) is 1.60. The summed E-state index contributed by atoms with van der Waals surface area (Å²) >= 11 is 0. The van der Waals surface area contributed by atoms with Crippen molar-refractivity contribution in [3.63, 3.8) is 0 Å². The summed E-state index contributed by atoms with van der Waals surface area (Å²) in [4.78, 5) is 13.5. The second-order valence-electron chi connectivity index (χ2n) is 4.96. The van der Waals surface area contributed by atoms with Gasteiger partial charge in [-0.25, -0.2) is 0 Å². The number of nitrogens with zero attached hydrogens (tertiary/aromatic N) is 1. The van der Waals surface area contributed by atoms with Crippen LogP contribution in [-0.2, 0) is 11.3 Å². The number of hydrogen-bond acceptors (Lipinski definition) is 4. The van der Waals surface area contributed by atoms with Crippen molar-refractivity contribution in [2.45, 2.75) is 19.4 Å². The zero-order valence-corrected chi connectivity index (χ0v) is 14.8. The average Bonchev–Trinajstić information content (AvgIpc) is 2.44. The Morgan fingerprint density at radius 1 is 1.23 bits per heavy atom. The molecule has 0 aliphatic carbocycles. The van der Waals surface area contributed by atoms with Crippen molar-refractivity contribution in [3.8, 4) is 5.75 Å². The number of amides is 1. The Morgan fingerprint density at radius 2 is 1.86 bits per heavy atom. The first-order valence-corrected chi connectivity index (χ1v) is 6.95. The summed E-state index contributed by atoms with van der Waals surface area (Å²) in [5.41, 5.74) is 6.42. The van der Waals surface area contributed by atoms with Crippen LogP contribution in [-0.4, -0.2) is 44.6 Å². The van der Waals surface area contributed by atoms with Crippen LogP contribution in [0.5, 0.6) is 5.75 Å². The number of carbonyl (C=O) groups is 1. The van der Waals surface area contributed by atoms with Gasteiger partial charge in [-0.1, -0.05) is 12.1 Å². The van der Waals surface area contributed by atoms with Crippen molar-refractivity contribution in [1.29, 1.82) is 0 Å². The van der Waals surface area contributed by atoms with Crippen LogP contribution in [0.3, 0.4) is 0 Å². The SMILES string of the molecule is CN(C)CCOc1ccc(CNC(=O)CCCN)cc1.Cl.Cl. The first-order valence-electron chi connectivity index (χ1n) is 6.95. The molecular formula is C15H27Cl2N3O2. The van der Waals surface area contributed by atoms with Gasteiger partial charge in [0.05, 0.1) is 0 Å². The summed E-state index contributed by atoms with van der Waals surface area (Å²) < 4.78 is 5.61. The molecule has 128 valence electrons. The molecule has 1 aromatic rings. The molecule has 0 heterocycles. The van der Waals surface area contributed by atoms with Gasteiger partial charge in [-0.15, -0.1) is 24.8 Å². The molecule has 0 unspecified atom stereocenters. The number of likely N-dealkylation sites (N-methyl/N-ethyl adjacent to an activating group) is 1. The van der Waals surface area contributed by atoms with E-state index in [1.807, 2.05) is 38.4 Å². The molecule has 3 N–H and O–H groups in total. The molecule has 7 heteroatoms. The zero-order chi connectivity index (χ0) is 14.8. The molecule has 1 amide bonds. The standard InChI is InChI=1S/C15H25N3O2.2ClH/c1-18(2)10-11-20-14-7-5-13(6-8-14)12-17-15(19)4-3-9-16;;/h5-8H,3-4,9-12,16H2,1-2H3,(H,17,19);2*1H. The molecule has 0 aliphatic rings. The number of ether oxygens (including phenoxy) is 1. The maximum absolute atomic E-state index is 11.5. The van der Waals surface area contributed by atoms with Crippen molar-refractivity contribution >= 4 is 30.7 Å². The molecule has 22 heavy (non-hydrogen) atoms. The lowest BCUT2D eigenvalue weighted by Gasteiger charge is -2.11. The van der Waals surface area contributed by atoms with Gasteiger partial charge in [0.2, 0.25) is 5.91 Å². The summed E-state index contributed by atoms with van der Waals surface area (Å²) in [5.74, 6) is 0.895. The van der Waals surface area contributed by atoms with Gasteiger partial charge in [0.1, 0.15) is 12.4 Å². The highest BCUT2D eigenvalue weighted by Crippen LogP contribution is 2.12. The minimum Gasteiger partial charge on any atom is -0.492 e. The van der Waals surface area contributed by atoms with E-state index in [1.165, 1.54) is 0 Å². The van der Waals surface area contributed by atoms with Gasteiger partial charge in [0.25, 0.3) is 0 Å². The van der Waals surface area contributed by atoms with Gasteiger partial charge in [0, 0.05) is 19.5 Å². The molecule has 1 aromatic carbocycles. The van der Waals surface area contributed by atoms with E-state index in [0.29, 0.717) is 26.1 Å². The third-order valence-electron chi connectivity index (χ3n) is 2.83. The number of benzene rings is 1. The van der Waals surface area contributed by atoms with E-state index in [2.05, 4.69) is 10.2 Å². The normalized spacial score (nSPS) is 9.64. The molecule has 0 aromatic heterocycles. The lowest BCUT2D eigenvalue weighted by Crippen LogP contribution is -2.23. The highest BCUT2D eigenvalue weighted by atomic mass is 35.5. The van der Waals surface area contributed by atoms with Gasteiger partial charge < -0.3 is 20.7 Å². The van der Waals surface area contributed by atoms with Crippen LogP contribution >= 0.6 is 24.8 Å². The molecule has 0 spiro atoms. The van der Waals surface area contributed by atoms with Crippen LogP contribution in [0.2, 0.25) is 0 Å². The fourth-order valence-corrected chi connectivity index (χ4v) is 1.60. The number of halogens is 2. The number of nitrogens with one attached hydrogen (secondary N) is 1. The first kappa shape index (κ1) is 23.3. The Balaban J connectivity index is 0. The molecule has 0 bridgehead atoms. The van der Waals surface area contributed by atoms with E-state index < -0.39 is 0 Å². The van der Waals surface area contributed by atoms with Crippen LogP contribution in [0.25, 0.3) is 0 Å². The second-order valence-corrected chi connectivity index (χ2v) is 4.96.